The molecule has 1 aromatic rings. The largest absolute Gasteiger partial charge is 0.462 e. The van der Waals surface area contributed by atoms with E-state index in [9.17, 15) is 9.59 Å². The maximum atomic E-state index is 13.0. The van der Waals surface area contributed by atoms with Crippen molar-refractivity contribution in [2.75, 3.05) is 6.61 Å². The quantitative estimate of drug-likeness (QED) is 0.750. The Morgan fingerprint density at radius 2 is 1.96 bits per heavy atom. The van der Waals surface area contributed by atoms with E-state index in [0.717, 1.165) is 10.0 Å². The van der Waals surface area contributed by atoms with Crippen molar-refractivity contribution in [3.05, 3.63) is 57.1 Å². The number of carbonyl (C=O) groups excluding carboxylic acids is 2. The van der Waals surface area contributed by atoms with Gasteiger partial charge in [0.1, 0.15) is 11.3 Å². The smallest absolute Gasteiger partial charge is 0.340 e. The normalized spacial score (nSPS) is 22.0. The van der Waals surface area contributed by atoms with Crippen molar-refractivity contribution < 1.29 is 19.1 Å². The molecule has 1 aliphatic carbocycles. The van der Waals surface area contributed by atoms with Crippen LogP contribution < -0.4 is 5.73 Å². The predicted octanol–water partition coefficient (Wildman–Crippen LogP) is 3.94. The predicted molar refractivity (Wildman–Crippen MR) is 101 cm³/mol. The summed E-state index contributed by atoms with van der Waals surface area (Å²) in [5.74, 6) is -0.569. The lowest BCUT2D eigenvalue weighted by Crippen LogP contribution is -2.35. The van der Waals surface area contributed by atoms with Crippen LogP contribution in [0.2, 0.25) is 0 Å². The van der Waals surface area contributed by atoms with Crippen LogP contribution in [-0.2, 0) is 19.1 Å². The fraction of sp³-hybridized carbons (Fsp3) is 0.400. The molecule has 0 saturated carbocycles. The van der Waals surface area contributed by atoms with Gasteiger partial charge in [-0.25, -0.2) is 4.79 Å². The first-order valence-electron chi connectivity index (χ1n) is 8.60. The van der Waals surface area contributed by atoms with Crippen molar-refractivity contribution in [1.82, 2.24) is 0 Å². The summed E-state index contributed by atoms with van der Waals surface area (Å²) in [6.07, 6.45) is 0.996. The Morgan fingerprint density at radius 3 is 2.58 bits per heavy atom. The fourth-order valence-corrected chi connectivity index (χ4v) is 3.85. The summed E-state index contributed by atoms with van der Waals surface area (Å²) in [6, 6.07) is 7.51. The SMILES string of the molecule is CCOC(=O)C1=C(N)OC2=C(C(=O)CC(C)(C)C2)[C@@H]1c1ccc(Br)cc1. The van der Waals surface area contributed by atoms with Gasteiger partial charge in [-0.15, -0.1) is 0 Å². The average Bonchev–Trinajstić information content (AvgIpc) is 2.53. The van der Waals surface area contributed by atoms with Crippen LogP contribution in [0.5, 0.6) is 0 Å². The number of ether oxygens (including phenoxy) is 2. The number of hydrogen-bond acceptors (Lipinski definition) is 5. The van der Waals surface area contributed by atoms with E-state index in [4.69, 9.17) is 15.2 Å². The first kappa shape index (κ1) is 18.7. The third-order valence-corrected chi connectivity index (χ3v) is 5.18. The number of rotatable bonds is 3. The van der Waals surface area contributed by atoms with Gasteiger partial charge in [0.2, 0.25) is 5.88 Å². The molecule has 0 amide bonds. The standard InChI is InChI=1S/C20H22BrNO4/c1-4-25-19(24)17-15(11-5-7-12(21)8-6-11)16-13(23)9-20(2,3)10-14(16)26-18(17)22/h5-8,15H,4,9-10,22H2,1-3H3/t15-/m0/s1. The molecule has 0 saturated heterocycles. The van der Waals surface area contributed by atoms with Gasteiger partial charge >= 0.3 is 5.97 Å². The van der Waals surface area contributed by atoms with Gasteiger partial charge in [-0.2, -0.15) is 0 Å². The molecule has 5 nitrogen and oxygen atoms in total. The zero-order valence-corrected chi connectivity index (χ0v) is 16.7. The number of esters is 1. The van der Waals surface area contributed by atoms with Crippen LogP contribution in [0.3, 0.4) is 0 Å². The third-order valence-electron chi connectivity index (χ3n) is 4.65. The molecule has 0 aromatic heterocycles. The monoisotopic (exact) mass is 419 g/mol. The van der Waals surface area contributed by atoms with Crippen molar-refractivity contribution in [3.8, 4) is 0 Å². The number of benzene rings is 1. The molecule has 138 valence electrons. The highest BCUT2D eigenvalue weighted by atomic mass is 79.9. The number of ketones is 1. The zero-order chi connectivity index (χ0) is 19.1. The maximum absolute atomic E-state index is 13.0. The molecule has 0 fully saturated rings. The van der Waals surface area contributed by atoms with Crippen LogP contribution in [0.1, 0.15) is 45.1 Å². The topological polar surface area (TPSA) is 78.6 Å². The molecular formula is C20H22BrNO4. The second-order valence-electron chi connectivity index (χ2n) is 7.36. The van der Waals surface area contributed by atoms with E-state index in [1.807, 2.05) is 38.1 Å². The van der Waals surface area contributed by atoms with E-state index in [1.165, 1.54) is 0 Å². The lowest BCUT2D eigenvalue weighted by Gasteiger charge is -2.37. The minimum atomic E-state index is -0.575. The Bertz CT molecular complexity index is 821. The highest BCUT2D eigenvalue weighted by Gasteiger charge is 2.44. The molecule has 26 heavy (non-hydrogen) atoms. The Kier molecular flexibility index (Phi) is 4.97. The number of nitrogens with two attached hydrogens (primary N) is 1. The van der Waals surface area contributed by atoms with Gasteiger partial charge in [0.15, 0.2) is 5.78 Å². The van der Waals surface area contributed by atoms with E-state index in [-0.39, 0.29) is 29.3 Å². The van der Waals surface area contributed by atoms with Gasteiger partial charge in [-0.1, -0.05) is 41.9 Å². The molecule has 0 bridgehead atoms. The van der Waals surface area contributed by atoms with Gasteiger partial charge in [-0.05, 0) is 30.0 Å². The molecule has 0 spiro atoms. The van der Waals surface area contributed by atoms with E-state index in [0.29, 0.717) is 24.2 Å². The van der Waals surface area contributed by atoms with Crippen molar-refractivity contribution >= 4 is 27.7 Å². The lowest BCUT2D eigenvalue weighted by atomic mass is 9.70. The van der Waals surface area contributed by atoms with Crippen LogP contribution in [0, 0.1) is 5.41 Å². The summed E-state index contributed by atoms with van der Waals surface area (Å²) in [7, 11) is 0. The van der Waals surface area contributed by atoms with Gasteiger partial charge in [0.25, 0.3) is 0 Å². The van der Waals surface area contributed by atoms with Crippen molar-refractivity contribution in [2.45, 2.75) is 39.5 Å². The van der Waals surface area contributed by atoms with Crippen molar-refractivity contribution in [3.63, 3.8) is 0 Å². The number of hydrogen-bond donors (Lipinski definition) is 1. The number of allylic oxidation sites excluding steroid dienone is 2. The summed E-state index contributed by atoms with van der Waals surface area (Å²) in [4.78, 5) is 25.5. The van der Waals surface area contributed by atoms with Gasteiger partial charge in [0.05, 0.1) is 12.5 Å². The highest BCUT2D eigenvalue weighted by Crippen LogP contribution is 2.48. The van der Waals surface area contributed by atoms with Crippen LogP contribution in [0.25, 0.3) is 0 Å². The molecule has 2 aliphatic rings. The number of carbonyl (C=O) groups is 2. The molecule has 1 aliphatic heterocycles. The first-order valence-corrected chi connectivity index (χ1v) is 9.39. The highest BCUT2D eigenvalue weighted by molar-refractivity contribution is 9.10. The Labute approximate surface area is 161 Å². The molecule has 1 heterocycles. The second kappa shape index (κ2) is 6.91. The summed E-state index contributed by atoms with van der Waals surface area (Å²) in [5, 5.41) is 0. The van der Waals surface area contributed by atoms with Gasteiger partial charge in [-0.3, -0.25) is 4.79 Å². The summed E-state index contributed by atoms with van der Waals surface area (Å²) in [5.41, 5.74) is 7.43. The van der Waals surface area contributed by atoms with Gasteiger partial charge in [0, 0.05) is 22.9 Å². The molecule has 1 aromatic carbocycles. The van der Waals surface area contributed by atoms with E-state index < -0.39 is 11.9 Å². The van der Waals surface area contributed by atoms with Crippen LogP contribution in [0.15, 0.2) is 51.5 Å². The average molecular weight is 420 g/mol. The molecule has 0 unspecified atom stereocenters. The number of Topliss-reactive ketones (excluding diaryl/α,β-unsaturated/α-hetero) is 1. The molecule has 6 heteroatoms. The minimum Gasteiger partial charge on any atom is -0.462 e. The first-order chi connectivity index (χ1) is 12.2. The number of halogens is 1. The zero-order valence-electron chi connectivity index (χ0n) is 15.1. The van der Waals surface area contributed by atoms with Crippen LogP contribution >= 0.6 is 15.9 Å². The Balaban J connectivity index is 2.17. The lowest BCUT2D eigenvalue weighted by molar-refractivity contribution is -0.139. The summed E-state index contributed by atoms with van der Waals surface area (Å²) < 4.78 is 11.9. The van der Waals surface area contributed by atoms with E-state index in [2.05, 4.69) is 15.9 Å². The minimum absolute atomic E-state index is 0.0145. The Morgan fingerprint density at radius 1 is 1.31 bits per heavy atom. The van der Waals surface area contributed by atoms with E-state index in [1.54, 1.807) is 6.92 Å². The molecule has 3 rings (SSSR count). The van der Waals surface area contributed by atoms with E-state index >= 15 is 0 Å². The van der Waals surface area contributed by atoms with Crippen LogP contribution in [0.4, 0.5) is 0 Å². The van der Waals surface area contributed by atoms with Crippen molar-refractivity contribution in [1.29, 1.82) is 0 Å². The summed E-state index contributed by atoms with van der Waals surface area (Å²) >= 11 is 3.41. The molecular weight excluding hydrogens is 398 g/mol. The third kappa shape index (κ3) is 3.43. The van der Waals surface area contributed by atoms with Crippen LogP contribution in [-0.4, -0.2) is 18.4 Å². The van der Waals surface area contributed by atoms with Gasteiger partial charge < -0.3 is 15.2 Å². The molecule has 2 N–H and O–H groups in total. The molecule has 1 atom stereocenters. The summed E-state index contributed by atoms with van der Waals surface area (Å²) in [6.45, 7) is 5.99. The Hall–Kier alpha value is -2.08. The second-order valence-corrected chi connectivity index (χ2v) is 8.28. The molecule has 0 radical (unpaired) electrons. The van der Waals surface area contributed by atoms with Crippen molar-refractivity contribution in [2.24, 2.45) is 11.1 Å². The maximum Gasteiger partial charge on any atom is 0.340 e. The fourth-order valence-electron chi connectivity index (χ4n) is 3.58.